The monoisotopic (exact) mass is 403 g/mol. The molecule has 1 rings (SSSR count). The number of hydrogen-bond acceptors (Lipinski definition) is 11. The first-order valence-electron chi connectivity index (χ1n) is 7.94. The standard InChI is InChI=1S/C16H21NO9S/c1-8(18)22-7-12-13(23-9(2)19)14(24-10(3)20)15(25-11(4)21)16(26-12)27-6-5-17/h12-16H,6-7H2,1-4H3. The molecular weight excluding hydrogens is 382 g/mol. The summed E-state index contributed by atoms with van der Waals surface area (Å²) < 4.78 is 26.4. The number of nitriles is 1. The first-order valence-corrected chi connectivity index (χ1v) is 8.99. The lowest BCUT2D eigenvalue weighted by Crippen LogP contribution is -2.61. The molecule has 0 bridgehead atoms. The maximum absolute atomic E-state index is 11.6. The zero-order valence-electron chi connectivity index (χ0n) is 15.3. The van der Waals surface area contributed by atoms with Gasteiger partial charge < -0.3 is 23.7 Å². The van der Waals surface area contributed by atoms with Gasteiger partial charge in [0.25, 0.3) is 0 Å². The van der Waals surface area contributed by atoms with Gasteiger partial charge in [-0.3, -0.25) is 19.2 Å². The summed E-state index contributed by atoms with van der Waals surface area (Å²) in [6, 6.07) is 1.92. The van der Waals surface area contributed by atoms with E-state index in [1.54, 1.807) is 0 Å². The Bertz CT molecular complexity index is 618. The minimum Gasteiger partial charge on any atom is -0.463 e. The summed E-state index contributed by atoms with van der Waals surface area (Å²) in [5.74, 6) is -2.67. The van der Waals surface area contributed by atoms with E-state index in [0.29, 0.717) is 0 Å². The largest absolute Gasteiger partial charge is 0.463 e. The SMILES string of the molecule is CC(=O)OCC1OC(SCC#N)C(OC(C)=O)C(OC(C)=O)C1OC(C)=O. The van der Waals surface area contributed by atoms with Crippen LogP contribution >= 0.6 is 11.8 Å². The van der Waals surface area contributed by atoms with E-state index in [1.165, 1.54) is 6.92 Å². The molecule has 5 unspecified atom stereocenters. The Morgan fingerprint density at radius 1 is 0.889 bits per heavy atom. The lowest BCUT2D eigenvalue weighted by Gasteiger charge is -2.44. The van der Waals surface area contributed by atoms with E-state index in [4.69, 9.17) is 28.9 Å². The van der Waals surface area contributed by atoms with E-state index in [0.717, 1.165) is 32.5 Å². The fourth-order valence-corrected chi connectivity index (χ4v) is 3.30. The van der Waals surface area contributed by atoms with Crippen molar-refractivity contribution in [1.29, 1.82) is 5.26 Å². The first kappa shape index (κ1) is 22.7. The van der Waals surface area contributed by atoms with Crippen molar-refractivity contribution in [3.8, 4) is 6.07 Å². The normalized spacial score (nSPS) is 27.0. The average Bonchev–Trinajstić information content (AvgIpc) is 2.54. The van der Waals surface area contributed by atoms with Gasteiger partial charge in [0.2, 0.25) is 0 Å². The van der Waals surface area contributed by atoms with Crippen LogP contribution in [0.2, 0.25) is 0 Å². The molecule has 1 aliphatic rings. The van der Waals surface area contributed by atoms with Crippen LogP contribution in [0.4, 0.5) is 0 Å². The number of rotatable bonds is 7. The number of hydrogen-bond donors (Lipinski definition) is 0. The smallest absolute Gasteiger partial charge is 0.303 e. The maximum atomic E-state index is 11.6. The number of ether oxygens (including phenoxy) is 5. The molecule has 11 heteroatoms. The van der Waals surface area contributed by atoms with Gasteiger partial charge >= 0.3 is 23.9 Å². The third-order valence-electron chi connectivity index (χ3n) is 3.26. The van der Waals surface area contributed by atoms with Crippen molar-refractivity contribution < 1.29 is 42.9 Å². The van der Waals surface area contributed by atoms with E-state index in [-0.39, 0.29) is 12.4 Å². The Morgan fingerprint density at radius 3 is 1.89 bits per heavy atom. The second kappa shape index (κ2) is 10.7. The molecule has 0 radical (unpaired) electrons. The van der Waals surface area contributed by atoms with Crippen molar-refractivity contribution in [2.24, 2.45) is 0 Å². The molecule has 5 atom stereocenters. The van der Waals surface area contributed by atoms with Crippen LogP contribution in [-0.4, -0.2) is 66.1 Å². The van der Waals surface area contributed by atoms with Crippen LogP contribution in [-0.2, 0) is 42.9 Å². The van der Waals surface area contributed by atoms with Crippen LogP contribution in [0, 0.1) is 11.3 Å². The second-order valence-corrected chi connectivity index (χ2v) is 6.62. The lowest BCUT2D eigenvalue weighted by atomic mass is 9.99. The zero-order chi connectivity index (χ0) is 20.6. The van der Waals surface area contributed by atoms with Gasteiger partial charge in [0.15, 0.2) is 18.3 Å². The maximum Gasteiger partial charge on any atom is 0.303 e. The first-order chi connectivity index (χ1) is 12.6. The van der Waals surface area contributed by atoms with Gasteiger partial charge in [0, 0.05) is 27.7 Å². The molecule has 1 fully saturated rings. The van der Waals surface area contributed by atoms with Gasteiger partial charge in [-0.05, 0) is 0 Å². The van der Waals surface area contributed by atoms with E-state index in [9.17, 15) is 19.2 Å². The van der Waals surface area contributed by atoms with Gasteiger partial charge in [0.05, 0.1) is 11.8 Å². The van der Waals surface area contributed by atoms with E-state index in [1.807, 2.05) is 6.07 Å². The number of esters is 4. The van der Waals surface area contributed by atoms with Gasteiger partial charge in [-0.1, -0.05) is 0 Å². The Labute approximate surface area is 160 Å². The molecule has 1 aliphatic heterocycles. The summed E-state index contributed by atoms with van der Waals surface area (Å²) in [7, 11) is 0. The highest BCUT2D eigenvalue weighted by Gasteiger charge is 2.52. The van der Waals surface area contributed by atoms with Crippen molar-refractivity contribution in [3.05, 3.63) is 0 Å². The fraction of sp³-hybridized carbons (Fsp3) is 0.688. The predicted molar refractivity (Wildman–Crippen MR) is 90.0 cm³/mol. The highest BCUT2D eigenvalue weighted by molar-refractivity contribution is 8.00. The molecule has 10 nitrogen and oxygen atoms in total. The Kier molecular flexibility index (Phi) is 9.04. The summed E-state index contributed by atoms with van der Waals surface area (Å²) in [5.41, 5.74) is -0.912. The molecule has 1 saturated heterocycles. The van der Waals surface area contributed by atoms with E-state index < -0.39 is 53.7 Å². The fourth-order valence-electron chi connectivity index (χ4n) is 2.44. The number of carbonyl (C=O) groups is 4. The summed E-state index contributed by atoms with van der Waals surface area (Å²) in [5, 5.41) is 8.83. The van der Waals surface area contributed by atoms with Crippen LogP contribution < -0.4 is 0 Å². The topological polar surface area (TPSA) is 138 Å². The molecule has 0 aliphatic carbocycles. The quantitative estimate of drug-likeness (QED) is 0.429. The zero-order valence-corrected chi connectivity index (χ0v) is 16.1. The number of thioether (sulfide) groups is 1. The molecule has 1 heterocycles. The minimum absolute atomic E-state index is 0.00621. The van der Waals surface area contributed by atoms with Crippen LogP contribution in [0.3, 0.4) is 0 Å². The van der Waals surface area contributed by atoms with Crippen LogP contribution in [0.1, 0.15) is 27.7 Å². The number of nitrogens with zero attached hydrogens (tertiary/aromatic N) is 1. The van der Waals surface area contributed by atoms with Crippen LogP contribution in [0.5, 0.6) is 0 Å². The van der Waals surface area contributed by atoms with Crippen molar-refractivity contribution in [2.75, 3.05) is 12.4 Å². The third-order valence-corrected chi connectivity index (χ3v) is 4.26. The summed E-state index contributed by atoms with van der Waals surface area (Å²) in [6.07, 6.45) is -4.53. The van der Waals surface area contributed by atoms with Crippen LogP contribution in [0.15, 0.2) is 0 Å². The molecule has 0 aromatic rings. The average molecular weight is 403 g/mol. The molecule has 0 saturated carbocycles. The molecule has 0 spiro atoms. The molecule has 0 aromatic heterocycles. The molecule has 0 N–H and O–H groups in total. The van der Waals surface area contributed by atoms with Crippen molar-refractivity contribution >= 4 is 35.6 Å². The van der Waals surface area contributed by atoms with Crippen LogP contribution in [0.25, 0.3) is 0 Å². The summed E-state index contributed by atoms with van der Waals surface area (Å²) in [6.45, 7) is 4.34. The highest BCUT2D eigenvalue weighted by atomic mass is 32.2. The lowest BCUT2D eigenvalue weighted by molar-refractivity contribution is -0.237. The van der Waals surface area contributed by atoms with Gasteiger partial charge in [0.1, 0.15) is 18.1 Å². The Morgan fingerprint density at radius 2 is 1.41 bits per heavy atom. The van der Waals surface area contributed by atoms with Gasteiger partial charge in [-0.25, -0.2) is 0 Å². The predicted octanol–water partition coefficient (Wildman–Crippen LogP) is 0.326. The Balaban J connectivity index is 3.25. The van der Waals surface area contributed by atoms with Crippen molar-refractivity contribution in [1.82, 2.24) is 0 Å². The third kappa shape index (κ3) is 7.44. The van der Waals surface area contributed by atoms with Crippen molar-refractivity contribution in [2.45, 2.75) is 57.5 Å². The summed E-state index contributed by atoms with van der Waals surface area (Å²) >= 11 is 1.00. The van der Waals surface area contributed by atoms with Gasteiger partial charge in [-0.2, -0.15) is 5.26 Å². The van der Waals surface area contributed by atoms with E-state index in [2.05, 4.69) is 0 Å². The molecule has 0 aromatic carbocycles. The highest BCUT2D eigenvalue weighted by Crippen LogP contribution is 2.34. The van der Waals surface area contributed by atoms with E-state index >= 15 is 0 Å². The van der Waals surface area contributed by atoms with Gasteiger partial charge in [-0.15, -0.1) is 11.8 Å². The number of carbonyl (C=O) groups excluding carboxylic acids is 4. The molecule has 150 valence electrons. The second-order valence-electron chi connectivity index (χ2n) is 5.54. The summed E-state index contributed by atoms with van der Waals surface area (Å²) in [4.78, 5) is 45.8. The molecular formula is C16H21NO9S. The molecule has 27 heavy (non-hydrogen) atoms. The Hall–Kier alpha value is -2.32. The van der Waals surface area contributed by atoms with Crippen molar-refractivity contribution in [3.63, 3.8) is 0 Å². The minimum atomic E-state index is -1.21. The molecule has 0 amide bonds.